The number of benzene rings is 1. The molecule has 0 saturated heterocycles. The first-order valence-electron chi connectivity index (χ1n) is 5.27. The number of rotatable bonds is 5. The van der Waals surface area contributed by atoms with Gasteiger partial charge in [0.1, 0.15) is 11.6 Å². The van der Waals surface area contributed by atoms with Gasteiger partial charge >= 0.3 is 0 Å². The summed E-state index contributed by atoms with van der Waals surface area (Å²) in [5.41, 5.74) is 0.835. The molecule has 0 radical (unpaired) electrons. The first kappa shape index (κ1) is 13.8. The number of hydrogen-bond acceptors (Lipinski definition) is 3. The van der Waals surface area contributed by atoms with Gasteiger partial charge in [-0.15, -0.1) is 0 Å². The predicted molar refractivity (Wildman–Crippen MR) is 69.7 cm³/mol. The van der Waals surface area contributed by atoms with Crippen molar-refractivity contribution in [1.82, 2.24) is 0 Å². The molecule has 1 rings (SSSR count). The zero-order valence-corrected chi connectivity index (χ0v) is 10.7. The molecule has 0 fully saturated rings. The highest BCUT2D eigenvalue weighted by atomic mass is 32.2. The van der Waals surface area contributed by atoms with Crippen LogP contribution in [-0.4, -0.2) is 18.0 Å². The Morgan fingerprint density at radius 1 is 1.53 bits per heavy atom. The maximum atomic E-state index is 12.9. The predicted octanol–water partition coefficient (Wildman–Crippen LogP) is 3.52. The quantitative estimate of drug-likeness (QED) is 0.752. The van der Waals surface area contributed by atoms with Crippen LogP contribution in [0.1, 0.15) is 18.9 Å². The van der Waals surface area contributed by atoms with Crippen molar-refractivity contribution in [3.63, 3.8) is 0 Å². The lowest BCUT2D eigenvalue weighted by molar-refractivity contribution is -0.109. The summed E-state index contributed by atoms with van der Waals surface area (Å²) < 4.78 is 18.0. The minimum Gasteiger partial charge on any atom is -0.496 e. The van der Waals surface area contributed by atoms with Gasteiger partial charge in [0.05, 0.1) is 7.11 Å². The summed E-state index contributed by atoms with van der Waals surface area (Å²) in [6.07, 6.45) is 4.62. The van der Waals surface area contributed by atoms with Gasteiger partial charge in [0.25, 0.3) is 0 Å². The van der Waals surface area contributed by atoms with Crippen LogP contribution < -0.4 is 4.74 Å². The van der Waals surface area contributed by atoms with Crippen LogP contribution in [0.4, 0.5) is 4.39 Å². The molecule has 0 bridgehead atoms. The molecule has 0 N–H and O–H groups in total. The van der Waals surface area contributed by atoms with Crippen molar-refractivity contribution in [2.45, 2.75) is 13.3 Å². The summed E-state index contributed by atoms with van der Waals surface area (Å²) in [5.74, 6) is 0.960. The van der Waals surface area contributed by atoms with E-state index in [2.05, 4.69) is 0 Å². The molecule has 0 aliphatic heterocycles. The van der Waals surface area contributed by atoms with Crippen molar-refractivity contribution in [1.29, 1.82) is 0 Å². The smallest absolute Gasteiger partial charge is 0.185 e. The number of ether oxygens (including phenoxy) is 1. The zero-order valence-electron chi connectivity index (χ0n) is 9.90. The van der Waals surface area contributed by atoms with E-state index in [4.69, 9.17) is 4.74 Å². The lowest BCUT2D eigenvalue weighted by Gasteiger charge is -2.04. The Balaban J connectivity index is 2.55. The molecule has 0 spiro atoms. The third-order valence-corrected chi connectivity index (χ3v) is 2.93. The largest absolute Gasteiger partial charge is 0.496 e. The molecular formula is C13H15FO2S. The van der Waals surface area contributed by atoms with Gasteiger partial charge in [-0.1, -0.05) is 23.9 Å². The van der Waals surface area contributed by atoms with Crippen LogP contribution in [0.15, 0.2) is 24.3 Å². The topological polar surface area (TPSA) is 26.3 Å². The van der Waals surface area contributed by atoms with Crippen molar-refractivity contribution in [3.05, 3.63) is 35.7 Å². The zero-order chi connectivity index (χ0) is 12.7. The number of allylic oxidation sites excluding steroid dienone is 1. The Bertz CT molecular complexity index is 416. The average Bonchev–Trinajstić information content (AvgIpc) is 2.29. The van der Waals surface area contributed by atoms with E-state index in [0.29, 0.717) is 5.75 Å². The molecule has 0 heterocycles. The second-order valence-electron chi connectivity index (χ2n) is 3.42. The van der Waals surface area contributed by atoms with Crippen molar-refractivity contribution >= 4 is 23.0 Å². The second kappa shape index (κ2) is 7.12. The highest BCUT2D eigenvalue weighted by molar-refractivity contribution is 8.13. The molecule has 0 atom stereocenters. The minimum atomic E-state index is -0.314. The van der Waals surface area contributed by atoms with E-state index in [1.54, 1.807) is 13.0 Å². The molecule has 92 valence electrons. The van der Waals surface area contributed by atoms with Crippen LogP contribution in [0, 0.1) is 5.82 Å². The molecule has 0 unspecified atom stereocenters. The van der Waals surface area contributed by atoms with E-state index in [0.717, 1.165) is 17.7 Å². The standard InChI is InChI=1S/C13H15FO2S/c1-10(15)17-8-4-3-5-11-6-7-12(14)9-13(11)16-2/h3,5-7,9H,4,8H2,1-2H3. The maximum absolute atomic E-state index is 12.9. The summed E-state index contributed by atoms with van der Waals surface area (Å²) in [4.78, 5) is 10.7. The van der Waals surface area contributed by atoms with Crippen molar-refractivity contribution in [3.8, 4) is 5.75 Å². The van der Waals surface area contributed by atoms with Crippen molar-refractivity contribution in [2.75, 3.05) is 12.9 Å². The third-order valence-electron chi connectivity index (χ3n) is 2.08. The normalized spacial score (nSPS) is 10.8. The number of hydrogen-bond donors (Lipinski definition) is 0. The molecule has 0 saturated carbocycles. The Hall–Kier alpha value is -1.29. The Kier molecular flexibility index (Phi) is 5.77. The van der Waals surface area contributed by atoms with Crippen LogP contribution in [0.2, 0.25) is 0 Å². The molecule has 17 heavy (non-hydrogen) atoms. The van der Waals surface area contributed by atoms with Gasteiger partial charge in [0.15, 0.2) is 5.12 Å². The minimum absolute atomic E-state index is 0.123. The second-order valence-corrected chi connectivity index (χ2v) is 4.69. The highest BCUT2D eigenvalue weighted by Crippen LogP contribution is 2.21. The van der Waals surface area contributed by atoms with Gasteiger partial charge in [0, 0.05) is 24.3 Å². The van der Waals surface area contributed by atoms with Crippen LogP contribution in [0.3, 0.4) is 0 Å². The van der Waals surface area contributed by atoms with Gasteiger partial charge in [-0.2, -0.15) is 0 Å². The fraction of sp³-hybridized carbons (Fsp3) is 0.308. The van der Waals surface area contributed by atoms with Crippen molar-refractivity contribution < 1.29 is 13.9 Å². The Morgan fingerprint density at radius 2 is 2.29 bits per heavy atom. The van der Waals surface area contributed by atoms with E-state index in [1.165, 1.54) is 31.0 Å². The molecule has 2 nitrogen and oxygen atoms in total. The van der Waals surface area contributed by atoms with E-state index < -0.39 is 0 Å². The van der Waals surface area contributed by atoms with Gasteiger partial charge in [-0.25, -0.2) is 4.39 Å². The van der Waals surface area contributed by atoms with Gasteiger partial charge in [-0.05, 0) is 18.6 Å². The van der Waals surface area contributed by atoms with Gasteiger partial charge in [-0.3, -0.25) is 4.79 Å². The van der Waals surface area contributed by atoms with E-state index >= 15 is 0 Å². The number of halogens is 1. The molecule has 1 aromatic carbocycles. The van der Waals surface area contributed by atoms with Gasteiger partial charge in [0.2, 0.25) is 0 Å². The number of carbonyl (C=O) groups is 1. The Morgan fingerprint density at radius 3 is 2.94 bits per heavy atom. The third kappa shape index (κ3) is 5.04. The monoisotopic (exact) mass is 254 g/mol. The van der Waals surface area contributed by atoms with Crippen LogP contribution >= 0.6 is 11.8 Å². The van der Waals surface area contributed by atoms with E-state index in [9.17, 15) is 9.18 Å². The lowest BCUT2D eigenvalue weighted by atomic mass is 10.1. The Labute approximate surface area is 105 Å². The summed E-state index contributed by atoms with van der Waals surface area (Å²) in [6.45, 7) is 1.55. The van der Waals surface area contributed by atoms with Crippen LogP contribution in [0.5, 0.6) is 5.75 Å². The fourth-order valence-corrected chi connectivity index (χ4v) is 1.85. The van der Waals surface area contributed by atoms with Crippen molar-refractivity contribution in [2.24, 2.45) is 0 Å². The van der Waals surface area contributed by atoms with Crippen LogP contribution in [-0.2, 0) is 4.79 Å². The summed E-state index contributed by atoms with van der Waals surface area (Å²) >= 11 is 1.30. The number of carbonyl (C=O) groups excluding carboxylic acids is 1. The first-order valence-corrected chi connectivity index (χ1v) is 6.25. The summed E-state index contributed by atoms with van der Waals surface area (Å²) in [6, 6.07) is 4.42. The average molecular weight is 254 g/mol. The van der Waals surface area contributed by atoms with E-state index in [1.807, 2.05) is 12.2 Å². The summed E-state index contributed by atoms with van der Waals surface area (Å²) in [7, 11) is 1.51. The van der Waals surface area contributed by atoms with Gasteiger partial charge < -0.3 is 4.74 Å². The SMILES string of the molecule is COc1cc(F)ccc1C=CCCSC(C)=O. The fourth-order valence-electron chi connectivity index (χ4n) is 1.30. The van der Waals surface area contributed by atoms with Crippen LogP contribution in [0.25, 0.3) is 6.08 Å². The van der Waals surface area contributed by atoms with E-state index in [-0.39, 0.29) is 10.9 Å². The maximum Gasteiger partial charge on any atom is 0.185 e. The first-order chi connectivity index (χ1) is 8.13. The molecule has 0 aliphatic rings. The molecular weight excluding hydrogens is 239 g/mol. The molecule has 1 aromatic rings. The highest BCUT2D eigenvalue weighted by Gasteiger charge is 2.00. The number of thioether (sulfide) groups is 1. The molecule has 4 heteroatoms. The molecule has 0 amide bonds. The molecule has 0 aliphatic carbocycles. The summed E-state index contributed by atoms with van der Waals surface area (Å²) in [5, 5.41) is 0.123. The lowest BCUT2D eigenvalue weighted by Crippen LogP contribution is -1.88. The number of methoxy groups -OCH3 is 1. The molecule has 0 aromatic heterocycles.